The number of para-hydroxylation sites is 1. The third-order valence-corrected chi connectivity index (χ3v) is 10.4. The second-order valence-electron chi connectivity index (χ2n) is 12.2. The third kappa shape index (κ3) is 5.13. The highest BCUT2D eigenvalue weighted by molar-refractivity contribution is 7.26. The lowest BCUT2D eigenvalue weighted by molar-refractivity contribution is 1.30. The molecule has 226 valence electrons. The van der Waals surface area contributed by atoms with Crippen LogP contribution in [0.3, 0.4) is 0 Å². The van der Waals surface area contributed by atoms with E-state index in [0.717, 1.165) is 11.4 Å². The summed E-state index contributed by atoms with van der Waals surface area (Å²) in [4.78, 5) is 2.39. The minimum atomic E-state index is 1.13. The van der Waals surface area contributed by atoms with E-state index >= 15 is 0 Å². The summed E-state index contributed by atoms with van der Waals surface area (Å²) < 4.78 is 2.61. The molecule has 0 aliphatic rings. The zero-order valence-electron chi connectivity index (χ0n) is 26.3. The molecule has 1 nitrogen and oxygen atoms in total. The van der Waals surface area contributed by atoms with Gasteiger partial charge in [-0.25, -0.2) is 0 Å². The Balaban J connectivity index is 1.04. The molecular formula is C46H31NS. The van der Waals surface area contributed by atoms with Crippen molar-refractivity contribution in [2.45, 2.75) is 0 Å². The average molecular weight is 630 g/mol. The maximum absolute atomic E-state index is 2.39. The summed E-state index contributed by atoms with van der Waals surface area (Å²) in [6.07, 6.45) is 0. The molecule has 9 rings (SSSR count). The Morgan fingerprint density at radius 2 is 0.875 bits per heavy atom. The summed E-state index contributed by atoms with van der Waals surface area (Å²) in [6.45, 7) is 0. The SMILES string of the molecule is c1ccc(N(c2ccc(-c3ccc(-c4cccc(-c5ccc6ccccc6c5)c4)cc3)cc2)c2cccc3sc4ccccc4c23)cc1. The molecule has 0 bridgehead atoms. The van der Waals surface area contributed by atoms with Crippen LogP contribution in [0.5, 0.6) is 0 Å². The molecular weight excluding hydrogens is 599 g/mol. The lowest BCUT2D eigenvalue weighted by Gasteiger charge is -2.26. The zero-order chi connectivity index (χ0) is 31.9. The minimum Gasteiger partial charge on any atom is -0.310 e. The molecule has 0 unspecified atom stereocenters. The van der Waals surface area contributed by atoms with Crippen LogP contribution in [0.2, 0.25) is 0 Å². The zero-order valence-corrected chi connectivity index (χ0v) is 27.1. The maximum Gasteiger partial charge on any atom is 0.0554 e. The Morgan fingerprint density at radius 1 is 0.333 bits per heavy atom. The summed E-state index contributed by atoms with van der Waals surface area (Å²) in [5.41, 5.74) is 10.8. The summed E-state index contributed by atoms with van der Waals surface area (Å²) in [5.74, 6) is 0. The second-order valence-corrected chi connectivity index (χ2v) is 13.3. The van der Waals surface area contributed by atoms with E-state index < -0.39 is 0 Å². The molecule has 0 radical (unpaired) electrons. The second kappa shape index (κ2) is 12.0. The van der Waals surface area contributed by atoms with E-state index in [2.05, 4.69) is 193 Å². The van der Waals surface area contributed by atoms with Gasteiger partial charge in [0, 0.05) is 31.5 Å². The summed E-state index contributed by atoms with van der Waals surface area (Å²) >= 11 is 1.86. The van der Waals surface area contributed by atoms with Crippen molar-refractivity contribution in [2.24, 2.45) is 0 Å². The fraction of sp³-hybridized carbons (Fsp3) is 0. The third-order valence-electron chi connectivity index (χ3n) is 9.26. The summed E-state index contributed by atoms with van der Waals surface area (Å²) in [5, 5.41) is 5.13. The Hall–Kier alpha value is -5.96. The van der Waals surface area contributed by atoms with Gasteiger partial charge in [0.25, 0.3) is 0 Å². The van der Waals surface area contributed by atoms with E-state index in [1.165, 1.54) is 70.0 Å². The number of benzene rings is 8. The molecule has 0 amide bonds. The molecule has 0 aliphatic heterocycles. The smallest absolute Gasteiger partial charge is 0.0554 e. The van der Waals surface area contributed by atoms with Crippen molar-refractivity contribution in [2.75, 3.05) is 4.90 Å². The van der Waals surface area contributed by atoms with Gasteiger partial charge in [0.15, 0.2) is 0 Å². The maximum atomic E-state index is 2.39. The number of hydrogen-bond donors (Lipinski definition) is 0. The standard InChI is InChI=1S/C46H31NS/c1-2-14-40(15-3-1)47(43-17-9-19-45-46(43)42-16-6-7-18-44(42)48-45)41-28-26-34(27-29-41)33-20-22-35(23-21-33)37-12-8-13-38(30-37)39-25-24-32-10-4-5-11-36(32)31-39/h1-31H. The molecule has 0 aliphatic carbocycles. The molecule has 0 saturated heterocycles. The summed E-state index contributed by atoms with van der Waals surface area (Å²) in [7, 11) is 0. The summed E-state index contributed by atoms with van der Waals surface area (Å²) in [6, 6.07) is 68.1. The van der Waals surface area contributed by atoms with Crippen molar-refractivity contribution < 1.29 is 0 Å². The number of hydrogen-bond acceptors (Lipinski definition) is 2. The van der Waals surface area contributed by atoms with Gasteiger partial charge in [0.05, 0.1) is 5.69 Å². The molecule has 0 spiro atoms. The van der Waals surface area contributed by atoms with Crippen LogP contribution < -0.4 is 4.90 Å². The van der Waals surface area contributed by atoms with Gasteiger partial charge in [-0.05, 0) is 98.8 Å². The van der Waals surface area contributed by atoms with Crippen LogP contribution in [0.4, 0.5) is 17.1 Å². The van der Waals surface area contributed by atoms with Gasteiger partial charge >= 0.3 is 0 Å². The Labute approximate surface area is 284 Å². The molecule has 0 N–H and O–H groups in total. The van der Waals surface area contributed by atoms with Crippen LogP contribution in [0.25, 0.3) is 64.3 Å². The Bertz CT molecular complexity index is 2540. The van der Waals surface area contributed by atoms with Gasteiger partial charge in [0.2, 0.25) is 0 Å². The lowest BCUT2D eigenvalue weighted by atomic mass is 9.96. The van der Waals surface area contributed by atoms with Crippen molar-refractivity contribution in [3.05, 3.63) is 188 Å². The first-order valence-corrected chi connectivity index (χ1v) is 17.2. The fourth-order valence-corrected chi connectivity index (χ4v) is 7.98. The minimum absolute atomic E-state index is 1.13. The van der Waals surface area contributed by atoms with Crippen molar-refractivity contribution in [3.63, 3.8) is 0 Å². The molecule has 1 heterocycles. The monoisotopic (exact) mass is 629 g/mol. The van der Waals surface area contributed by atoms with Crippen LogP contribution in [-0.4, -0.2) is 0 Å². The molecule has 48 heavy (non-hydrogen) atoms. The molecule has 2 heteroatoms. The van der Waals surface area contributed by atoms with Gasteiger partial charge in [-0.2, -0.15) is 0 Å². The van der Waals surface area contributed by atoms with E-state index in [4.69, 9.17) is 0 Å². The van der Waals surface area contributed by atoms with E-state index in [0.29, 0.717) is 0 Å². The topological polar surface area (TPSA) is 3.24 Å². The number of anilines is 3. The molecule has 8 aromatic carbocycles. The molecule has 1 aromatic heterocycles. The van der Waals surface area contributed by atoms with Crippen molar-refractivity contribution in [1.82, 2.24) is 0 Å². The van der Waals surface area contributed by atoms with Gasteiger partial charge < -0.3 is 4.90 Å². The van der Waals surface area contributed by atoms with Gasteiger partial charge in [-0.1, -0.05) is 133 Å². The van der Waals surface area contributed by atoms with E-state index in [1.807, 2.05) is 11.3 Å². The number of thiophene rings is 1. The normalized spacial score (nSPS) is 11.3. The Morgan fingerprint density at radius 3 is 1.67 bits per heavy atom. The fourth-order valence-electron chi connectivity index (χ4n) is 6.85. The first-order valence-electron chi connectivity index (χ1n) is 16.3. The van der Waals surface area contributed by atoms with E-state index in [1.54, 1.807) is 0 Å². The highest BCUT2D eigenvalue weighted by Gasteiger charge is 2.18. The van der Waals surface area contributed by atoms with Gasteiger partial charge in [-0.15, -0.1) is 11.3 Å². The highest BCUT2D eigenvalue weighted by Crippen LogP contribution is 2.45. The van der Waals surface area contributed by atoms with Crippen molar-refractivity contribution in [1.29, 1.82) is 0 Å². The average Bonchev–Trinajstić information content (AvgIpc) is 3.55. The largest absolute Gasteiger partial charge is 0.310 e. The number of nitrogens with zero attached hydrogens (tertiary/aromatic N) is 1. The Kier molecular flexibility index (Phi) is 7.07. The molecule has 0 atom stereocenters. The quantitative estimate of drug-likeness (QED) is 0.177. The first-order chi connectivity index (χ1) is 23.8. The molecule has 0 saturated carbocycles. The number of rotatable bonds is 6. The predicted octanol–water partition coefficient (Wildman–Crippen LogP) is 13.7. The predicted molar refractivity (Wildman–Crippen MR) is 208 cm³/mol. The molecule has 9 aromatic rings. The van der Waals surface area contributed by atoms with E-state index in [-0.39, 0.29) is 0 Å². The lowest BCUT2D eigenvalue weighted by Crippen LogP contribution is -2.10. The van der Waals surface area contributed by atoms with Crippen molar-refractivity contribution in [3.8, 4) is 33.4 Å². The van der Waals surface area contributed by atoms with Crippen molar-refractivity contribution >= 4 is 59.3 Å². The van der Waals surface area contributed by atoms with Crippen LogP contribution in [0.1, 0.15) is 0 Å². The van der Waals surface area contributed by atoms with Gasteiger partial charge in [0.1, 0.15) is 0 Å². The first kappa shape index (κ1) is 28.3. The van der Waals surface area contributed by atoms with Crippen LogP contribution >= 0.6 is 11.3 Å². The highest BCUT2D eigenvalue weighted by atomic mass is 32.1. The van der Waals surface area contributed by atoms with E-state index in [9.17, 15) is 0 Å². The van der Waals surface area contributed by atoms with Crippen LogP contribution in [0, 0.1) is 0 Å². The van der Waals surface area contributed by atoms with Crippen LogP contribution in [0.15, 0.2) is 188 Å². The van der Waals surface area contributed by atoms with Gasteiger partial charge in [-0.3, -0.25) is 0 Å². The molecule has 0 fully saturated rings. The van der Waals surface area contributed by atoms with Crippen LogP contribution in [-0.2, 0) is 0 Å². The number of fused-ring (bicyclic) bond motifs is 4.